The van der Waals surface area contributed by atoms with E-state index in [-0.39, 0.29) is 29.6 Å². The molecule has 0 aromatic rings. The van der Waals surface area contributed by atoms with Gasteiger partial charge >= 0.3 is 84.7 Å². The second-order valence-corrected chi connectivity index (χ2v) is 3.56. The topological polar surface area (TPSA) is 52.6 Å². The van der Waals surface area contributed by atoms with Crippen LogP contribution in [0.2, 0.25) is 0 Å². The Hall–Kier alpha value is 1.68. The summed E-state index contributed by atoms with van der Waals surface area (Å²) < 4.78 is 27.7. The Morgan fingerprint density at radius 1 is 1.50 bits per heavy atom. The normalized spacial score (nSPS) is 10.0. The quantitative estimate of drug-likeness (QED) is 0.535. The molecule has 0 radical (unpaired) electrons. The van der Waals surface area contributed by atoms with E-state index in [2.05, 4.69) is 6.79 Å². The Morgan fingerprint density at radius 3 is 1.88 bits per heavy atom. The van der Waals surface area contributed by atoms with Gasteiger partial charge in [0.15, 0.2) is 0 Å². The zero-order valence-electron chi connectivity index (χ0n) is 3.49. The summed E-state index contributed by atoms with van der Waals surface area (Å²) in [4.78, 5) is 0. The molecule has 0 bridgehead atoms. The molecule has 8 heteroatoms. The molecule has 0 rings (SSSR count). The summed E-state index contributed by atoms with van der Waals surface area (Å²) >= 11 is 0.321. The molecular formula is H3BNaO4STa. The summed E-state index contributed by atoms with van der Waals surface area (Å²) in [6.45, 7) is 0. The fraction of sp³-hybridized carbons (Fsp3) is 0. The Morgan fingerprint density at radius 2 is 1.88 bits per heavy atom. The fourth-order valence-corrected chi connectivity index (χ4v) is 0.747. The van der Waals surface area contributed by atoms with Crippen molar-refractivity contribution in [1.82, 2.24) is 0 Å². The Labute approximate surface area is 83.8 Å². The van der Waals surface area contributed by atoms with Crippen LogP contribution in [-0.4, -0.2) is 46.0 Å². The van der Waals surface area contributed by atoms with Gasteiger partial charge in [-0.25, -0.2) is 0 Å². The third-order valence-corrected chi connectivity index (χ3v) is 2.85. The monoisotopic (exact) mass is 314 g/mol. The molecule has 4 nitrogen and oxygen atoms in total. The van der Waals surface area contributed by atoms with Crippen molar-refractivity contribution in [2.45, 2.75) is 0 Å². The molecule has 42 valence electrons. The summed E-state index contributed by atoms with van der Waals surface area (Å²) in [5, 5.41) is 0. The SMILES string of the molecule is BOS(=O)(=O)[O][Ta].[NaH]. The van der Waals surface area contributed by atoms with E-state index in [1.165, 1.54) is 0 Å². The van der Waals surface area contributed by atoms with E-state index in [0.29, 0.717) is 21.5 Å². The van der Waals surface area contributed by atoms with Crippen LogP contribution < -0.4 is 0 Å². The maximum absolute atomic E-state index is 9.95. The van der Waals surface area contributed by atoms with Crippen molar-refractivity contribution >= 4 is 48.0 Å². The minimum atomic E-state index is -3.61. The first-order chi connectivity index (χ1) is 3.12. The molecule has 0 N–H and O–H groups in total. The summed E-state index contributed by atoms with van der Waals surface area (Å²) in [6.07, 6.45) is 0. The number of hydrogen-bond donors (Lipinski definition) is 0. The summed E-state index contributed by atoms with van der Waals surface area (Å²) in [5.41, 5.74) is 0. The van der Waals surface area contributed by atoms with Gasteiger partial charge in [0.05, 0.1) is 0 Å². The van der Waals surface area contributed by atoms with Crippen LogP contribution in [0.25, 0.3) is 0 Å². The van der Waals surface area contributed by atoms with Crippen molar-refractivity contribution < 1.29 is 36.7 Å². The van der Waals surface area contributed by atoms with Gasteiger partial charge < -0.3 is 0 Å². The van der Waals surface area contributed by atoms with Crippen LogP contribution in [0.5, 0.6) is 0 Å². The van der Waals surface area contributed by atoms with E-state index in [1.807, 2.05) is 0 Å². The van der Waals surface area contributed by atoms with Crippen LogP contribution in [0.1, 0.15) is 0 Å². The van der Waals surface area contributed by atoms with Gasteiger partial charge in [0.25, 0.3) is 0 Å². The average molecular weight is 314 g/mol. The van der Waals surface area contributed by atoms with Crippen molar-refractivity contribution in [2.24, 2.45) is 0 Å². The standard InChI is InChI=1S/BH3O4S.Na.Ta.H/c1-5-6(2,3)4;;;/h1H2,(H,2,3,4);;;/q;;+1;/p-1. The summed E-state index contributed by atoms with van der Waals surface area (Å²) in [6, 6.07) is 0. The van der Waals surface area contributed by atoms with Crippen LogP contribution in [-0.2, 0) is 38.7 Å². The van der Waals surface area contributed by atoms with Crippen LogP contribution in [0.4, 0.5) is 0 Å². The van der Waals surface area contributed by atoms with Crippen molar-refractivity contribution in [3.8, 4) is 0 Å². The molecule has 0 unspecified atom stereocenters. The molecular weight excluding hydrogens is 311 g/mol. The molecule has 0 spiro atoms. The average Bonchev–Trinajstić information content (AvgIpc) is 1.68. The van der Waals surface area contributed by atoms with E-state index in [9.17, 15) is 8.42 Å². The molecule has 0 atom stereocenters. The molecule has 0 aliphatic heterocycles. The molecule has 0 saturated heterocycles. The van der Waals surface area contributed by atoms with E-state index in [1.54, 1.807) is 0 Å². The second-order valence-electron chi connectivity index (χ2n) is 0.649. The first kappa shape index (κ1) is 12.4. The van der Waals surface area contributed by atoms with Crippen molar-refractivity contribution in [3.63, 3.8) is 0 Å². The zero-order valence-corrected chi connectivity index (χ0v) is 7.52. The number of hydrogen-bond acceptors (Lipinski definition) is 4. The number of rotatable bonds is 2. The Bertz CT molecular complexity index is 119. The predicted octanol–water partition coefficient (Wildman–Crippen LogP) is -2.37. The predicted molar refractivity (Wildman–Crippen MR) is 26.8 cm³/mol. The van der Waals surface area contributed by atoms with Crippen molar-refractivity contribution in [3.05, 3.63) is 0 Å². The first-order valence-electron chi connectivity index (χ1n) is 1.26. The second kappa shape index (κ2) is 5.46. The van der Waals surface area contributed by atoms with E-state index in [0.717, 1.165) is 8.05 Å². The van der Waals surface area contributed by atoms with Gasteiger partial charge in [-0.1, -0.05) is 0 Å². The third kappa shape index (κ3) is 5.81. The first-order valence-corrected chi connectivity index (χ1v) is 3.90. The molecule has 0 aliphatic rings. The van der Waals surface area contributed by atoms with Gasteiger partial charge in [-0.3, -0.25) is 0 Å². The minimum absolute atomic E-state index is 0. The van der Waals surface area contributed by atoms with Crippen LogP contribution in [0, 0.1) is 0 Å². The van der Waals surface area contributed by atoms with Crippen molar-refractivity contribution in [2.75, 3.05) is 0 Å². The molecule has 0 aliphatic carbocycles. The van der Waals surface area contributed by atoms with Gasteiger partial charge in [0, 0.05) is 0 Å². The fourth-order valence-electron chi connectivity index (χ4n) is 0.0304. The molecule has 0 aromatic carbocycles. The Balaban J connectivity index is 0. The third-order valence-electron chi connectivity index (χ3n) is 0.295. The van der Waals surface area contributed by atoms with E-state index >= 15 is 0 Å². The molecule has 8 heavy (non-hydrogen) atoms. The van der Waals surface area contributed by atoms with Crippen molar-refractivity contribution in [1.29, 1.82) is 0 Å². The maximum atomic E-state index is 9.95. The van der Waals surface area contributed by atoms with Gasteiger partial charge in [0.2, 0.25) is 0 Å². The van der Waals surface area contributed by atoms with Crippen LogP contribution in [0.15, 0.2) is 0 Å². The molecule has 0 amide bonds. The summed E-state index contributed by atoms with van der Waals surface area (Å²) in [5.74, 6) is 0. The molecule has 0 saturated carbocycles. The summed E-state index contributed by atoms with van der Waals surface area (Å²) in [7, 11) is -2.56. The molecule has 0 aromatic heterocycles. The van der Waals surface area contributed by atoms with Gasteiger partial charge in [-0.15, -0.1) is 0 Å². The molecule has 0 heterocycles. The Kier molecular flexibility index (Phi) is 8.44. The van der Waals surface area contributed by atoms with E-state index < -0.39 is 10.4 Å². The van der Waals surface area contributed by atoms with Crippen LogP contribution in [0.3, 0.4) is 0 Å². The van der Waals surface area contributed by atoms with Crippen LogP contribution >= 0.6 is 0 Å². The van der Waals surface area contributed by atoms with Gasteiger partial charge in [-0.2, -0.15) is 0 Å². The van der Waals surface area contributed by atoms with Gasteiger partial charge in [-0.05, 0) is 0 Å². The van der Waals surface area contributed by atoms with E-state index in [4.69, 9.17) is 0 Å². The zero-order chi connectivity index (χ0) is 5.91. The van der Waals surface area contributed by atoms with Gasteiger partial charge in [0.1, 0.15) is 0 Å². The molecule has 0 fully saturated rings.